The SMILES string of the molecule is C[C@@H](O)[C@@H]1CC[C@H]2[C@H]3CC=C4C[C@@H](O)CC[C@]4(C)[C@@H]3CC[C@@]21C. The van der Waals surface area contributed by atoms with Crippen molar-refractivity contribution in [3.05, 3.63) is 11.6 Å². The van der Waals surface area contributed by atoms with Crippen molar-refractivity contribution < 1.29 is 10.2 Å². The van der Waals surface area contributed by atoms with Crippen LogP contribution in [0.2, 0.25) is 0 Å². The highest BCUT2D eigenvalue weighted by molar-refractivity contribution is 5.25. The molecule has 0 unspecified atom stereocenters. The minimum Gasteiger partial charge on any atom is -0.393 e. The maximum absolute atomic E-state index is 10.3. The summed E-state index contributed by atoms with van der Waals surface area (Å²) in [4.78, 5) is 0. The van der Waals surface area contributed by atoms with Gasteiger partial charge in [-0.25, -0.2) is 0 Å². The zero-order valence-electron chi connectivity index (χ0n) is 15.1. The number of allylic oxidation sites excluding steroid dienone is 1. The van der Waals surface area contributed by atoms with Crippen LogP contribution in [0.15, 0.2) is 11.6 Å². The molecule has 4 rings (SSSR count). The van der Waals surface area contributed by atoms with Gasteiger partial charge < -0.3 is 10.2 Å². The number of fused-ring (bicyclic) bond motifs is 5. The Kier molecular flexibility index (Phi) is 3.74. The van der Waals surface area contributed by atoms with Crippen LogP contribution in [0.25, 0.3) is 0 Å². The molecule has 2 heteroatoms. The normalized spacial score (nSPS) is 53.8. The van der Waals surface area contributed by atoms with E-state index in [-0.39, 0.29) is 12.2 Å². The lowest BCUT2D eigenvalue weighted by Crippen LogP contribution is -2.51. The average Bonchev–Trinajstić information content (AvgIpc) is 2.85. The van der Waals surface area contributed by atoms with Gasteiger partial charge in [0, 0.05) is 0 Å². The van der Waals surface area contributed by atoms with Gasteiger partial charge in [0.25, 0.3) is 0 Å². The second-order valence-electron chi connectivity index (χ2n) is 9.62. The highest BCUT2D eigenvalue weighted by Crippen LogP contribution is 2.66. The molecule has 0 aromatic carbocycles. The van der Waals surface area contributed by atoms with Crippen LogP contribution in [0.1, 0.15) is 72.1 Å². The van der Waals surface area contributed by atoms with Crippen LogP contribution < -0.4 is 0 Å². The number of aliphatic hydroxyl groups excluding tert-OH is 2. The third-order valence-corrected chi connectivity index (χ3v) is 8.73. The van der Waals surface area contributed by atoms with E-state index in [1.165, 1.54) is 38.5 Å². The Bertz CT molecular complexity index is 510. The van der Waals surface area contributed by atoms with E-state index in [0.29, 0.717) is 16.7 Å². The summed E-state index contributed by atoms with van der Waals surface area (Å²) in [5.74, 6) is 2.91. The van der Waals surface area contributed by atoms with Gasteiger partial charge >= 0.3 is 0 Å². The second-order valence-corrected chi connectivity index (χ2v) is 9.62. The molecule has 0 aromatic rings. The van der Waals surface area contributed by atoms with Gasteiger partial charge in [0.1, 0.15) is 0 Å². The maximum Gasteiger partial charge on any atom is 0.0577 e. The zero-order valence-corrected chi connectivity index (χ0v) is 15.1. The molecule has 0 spiro atoms. The van der Waals surface area contributed by atoms with Gasteiger partial charge in [-0.3, -0.25) is 0 Å². The number of hydrogen-bond donors (Lipinski definition) is 2. The Morgan fingerprint density at radius 1 is 1.09 bits per heavy atom. The van der Waals surface area contributed by atoms with Gasteiger partial charge in [0.15, 0.2) is 0 Å². The first kappa shape index (κ1) is 16.1. The first-order valence-corrected chi connectivity index (χ1v) is 9.92. The van der Waals surface area contributed by atoms with Crippen molar-refractivity contribution in [1.29, 1.82) is 0 Å². The summed E-state index contributed by atoms with van der Waals surface area (Å²) in [5, 5.41) is 20.4. The Hall–Kier alpha value is -0.340. The smallest absolute Gasteiger partial charge is 0.0577 e. The highest BCUT2D eigenvalue weighted by atomic mass is 16.3. The molecule has 4 aliphatic carbocycles. The lowest BCUT2D eigenvalue weighted by atomic mass is 9.47. The number of hydrogen-bond acceptors (Lipinski definition) is 2. The lowest BCUT2D eigenvalue weighted by molar-refractivity contribution is -0.0675. The predicted octanol–water partition coefficient (Wildman–Crippen LogP) is 4.31. The van der Waals surface area contributed by atoms with Crippen molar-refractivity contribution in [2.75, 3.05) is 0 Å². The van der Waals surface area contributed by atoms with Crippen LogP contribution in [0.4, 0.5) is 0 Å². The van der Waals surface area contributed by atoms with E-state index < -0.39 is 0 Å². The van der Waals surface area contributed by atoms with E-state index in [9.17, 15) is 10.2 Å². The molecule has 0 radical (unpaired) electrons. The summed E-state index contributed by atoms with van der Waals surface area (Å²) >= 11 is 0. The number of aliphatic hydroxyl groups is 2. The minimum atomic E-state index is -0.156. The summed E-state index contributed by atoms with van der Waals surface area (Å²) in [6.45, 7) is 6.98. The van der Waals surface area contributed by atoms with Crippen LogP contribution in [0.3, 0.4) is 0 Å². The van der Waals surface area contributed by atoms with Gasteiger partial charge in [-0.05, 0) is 92.8 Å². The first-order chi connectivity index (χ1) is 10.9. The van der Waals surface area contributed by atoms with E-state index in [4.69, 9.17) is 0 Å². The molecule has 2 N–H and O–H groups in total. The van der Waals surface area contributed by atoms with Crippen LogP contribution in [0, 0.1) is 34.5 Å². The Morgan fingerprint density at radius 3 is 2.61 bits per heavy atom. The molecule has 0 aliphatic heterocycles. The van der Waals surface area contributed by atoms with E-state index in [1.807, 2.05) is 6.92 Å². The van der Waals surface area contributed by atoms with Crippen LogP contribution in [-0.4, -0.2) is 22.4 Å². The van der Waals surface area contributed by atoms with Crippen molar-refractivity contribution in [3.63, 3.8) is 0 Å². The summed E-state index contributed by atoms with van der Waals surface area (Å²) in [6.07, 6.45) is 11.7. The van der Waals surface area contributed by atoms with Gasteiger partial charge in [0.2, 0.25) is 0 Å². The van der Waals surface area contributed by atoms with E-state index >= 15 is 0 Å². The van der Waals surface area contributed by atoms with Crippen molar-refractivity contribution in [2.24, 2.45) is 34.5 Å². The molecule has 3 fully saturated rings. The van der Waals surface area contributed by atoms with Crippen LogP contribution in [0.5, 0.6) is 0 Å². The molecule has 0 amide bonds. The fourth-order valence-corrected chi connectivity index (χ4v) is 7.47. The molecule has 0 heterocycles. The second kappa shape index (κ2) is 5.33. The van der Waals surface area contributed by atoms with E-state index in [2.05, 4.69) is 19.9 Å². The molecule has 3 saturated carbocycles. The van der Waals surface area contributed by atoms with E-state index in [0.717, 1.165) is 30.6 Å². The third kappa shape index (κ3) is 2.20. The molecular formula is C21H34O2. The Morgan fingerprint density at radius 2 is 1.87 bits per heavy atom. The van der Waals surface area contributed by atoms with Crippen LogP contribution >= 0.6 is 0 Å². The van der Waals surface area contributed by atoms with Crippen molar-refractivity contribution in [3.8, 4) is 0 Å². The van der Waals surface area contributed by atoms with Gasteiger partial charge in [-0.1, -0.05) is 25.5 Å². The summed E-state index contributed by atoms with van der Waals surface area (Å²) in [6, 6.07) is 0. The fourth-order valence-electron chi connectivity index (χ4n) is 7.47. The Labute approximate surface area is 141 Å². The molecule has 23 heavy (non-hydrogen) atoms. The minimum absolute atomic E-state index is 0.106. The third-order valence-electron chi connectivity index (χ3n) is 8.73. The van der Waals surface area contributed by atoms with Crippen molar-refractivity contribution in [2.45, 2.75) is 84.3 Å². The molecule has 0 aromatic heterocycles. The molecule has 4 aliphatic rings. The molecule has 0 bridgehead atoms. The largest absolute Gasteiger partial charge is 0.393 e. The molecule has 2 nitrogen and oxygen atoms in total. The van der Waals surface area contributed by atoms with Gasteiger partial charge in [0.05, 0.1) is 12.2 Å². The van der Waals surface area contributed by atoms with Crippen LogP contribution in [-0.2, 0) is 0 Å². The molecule has 0 saturated heterocycles. The topological polar surface area (TPSA) is 40.5 Å². The monoisotopic (exact) mass is 318 g/mol. The van der Waals surface area contributed by atoms with Gasteiger partial charge in [-0.15, -0.1) is 0 Å². The van der Waals surface area contributed by atoms with E-state index in [1.54, 1.807) is 5.57 Å². The summed E-state index contributed by atoms with van der Waals surface area (Å²) in [5.41, 5.74) is 2.25. The zero-order chi connectivity index (χ0) is 16.4. The standard InChI is InChI=1S/C21H34O2/c1-13(22)17-6-7-18-16-5-4-14-12-15(23)8-10-20(14,2)19(16)9-11-21(17,18)3/h4,13,15-19,22-23H,5-12H2,1-3H3/t13-,15+,16-,17+,18+,19-,20+,21-/m1/s1. The molecule has 130 valence electrons. The van der Waals surface area contributed by atoms with Crippen molar-refractivity contribution >= 4 is 0 Å². The van der Waals surface area contributed by atoms with Crippen molar-refractivity contribution in [1.82, 2.24) is 0 Å². The quantitative estimate of drug-likeness (QED) is 0.707. The molecule has 8 atom stereocenters. The molecular weight excluding hydrogens is 284 g/mol. The lowest BCUT2D eigenvalue weighted by Gasteiger charge is -2.58. The van der Waals surface area contributed by atoms with Gasteiger partial charge in [-0.2, -0.15) is 0 Å². The summed E-state index contributed by atoms with van der Waals surface area (Å²) in [7, 11) is 0. The first-order valence-electron chi connectivity index (χ1n) is 9.92. The maximum atomic E-state index is 10.3. The highest BCUT2D eigenvalue weighted by Gasteiger charge is 2.59. The fraction of sp³-hybridized carbons (Fsp3) is 0.905. The Balaban J connectivity index is 1.65. The number of rotatable bonds is 1. The summed E-state index contributed by atoms with van der Waals surface area (Å²) < 4.78 is 0. The predicted molar refractivity (Wildman–Crippen MR) is 92.9 cm³/mol. The average molecular weight is 319 g/mol.